The van der Waals surface area contributed by atoms with Gasteiger partial charge in [-0.15, -0.1) is 5.10 Å². The molecule has 1 saturated heterocycles. The summed E-state index contributed by atoms with van der Waals surface area (Å²) in [6, 6.07) is 0. The Bertz CT molecular complexity index is 369. The molecule has 0 radical (unpaired) electrons. The van der Waals surface area contributed by atoms with Gasteiger partial charge in [-0.3, -0.25) is 4.90 Å². The van der Waals surface area contributed by atoms with E-state index >= 15 is 0 Å². The van der Waals surface area contributed by atoms with E-state index in [1.54, 1.807) is 0 Å². The number of piperidine rings is 1. The minimum absolute atomic E-state index is 0.884. The number of nitrogens with one attached hydrogen (secondary N) is 1. The lowest BCUT2D eigenvalue weighted by Gasteiger charge is -2.31. The van der Waals surface area contributed by atoms with Crippen LogP contribution in [0.15, 0.2) is 0 Å². The van der Waals surface area contributed by atoms with E-state index in [1.165, 1.54) is 38.8 Å². The summed E-state index contributed by atoms with van der Waals surface area (Å²) in [5.74, 6) is 1.90. The zero-order valence-electron chi connectivity index (χ0n) is 12.9. The number of likely N-dealkylation sites (tertiary alicyclic amines) is 1. The fourth-order valence-electron chi connectivity index (χ4n) is 2.80. The lowest BCUT2D eigenvalue weighted by atomic mass is 9.93. The predicted octanol–water partition coefficient (Wildman–Crippen LogP) is 1.29. The van der Waals surface area contributed by atoms with E-state index in [0.717, 1.165) is 37.8 Å². The topological polar surface area (TPSA) is 58.9 Å². The van der Waals surface area contributed by atoms with Crippen LogP contribution in [0.1, 0.15) is 44.9 Å². The van der Waals surface area contributed by atoms with E-state index in [4.69, 9.17) is 0 Å². The molecule has 0 bridgehead atoms. The Labute approximate surface area is 121 Å². The molecular weight excluding hydrogens is 252 g/mol. The van der Waals surface area contributed by atoms with Gasteiger partial charge in [0, 0.05) is 6.54 Å². The summed E-state index contributed by atoms with van der Waals surface area (Å²) in [5.41, 5.74) is 0. The van der Waals surface area contributed by atoms with Crippen molar-refractivity contribution < 1.29 is 0 Å². The van der Waals surface area contributed by atoms with Gasteiger partial charge in [0.2, 0.25) is 0 Å². The van der Waals surface area contributed by atoms with Crippen molar-refractivity contribution in [3.05, 3.63) is 5.82 Å². The molecule has 1 aliphatic heterocycles. The summed E-state index contributed by atoms with van der Waals surface area (Å²) in [7, 11) is 2.03. The molecule has 1 N–H and O–H groups in total. The summed E-state index contributed by atoms with van der Waals surface area (Å²) in [6.45, 7) is 7.52. The van der Waals surface area contributed by atoms with Crippen molar-refractivity contribution in [2.24, 2.45) is 5.92 Å². The maximum atomic E-state index is 4.18. The molecule has 0 unspecified atom stereocenters. The van der Waals surface area contributed by atoms with E-state index in [-0.39, 0.29) is 0 Å². The van der Waals surface area contributed by atoms with Gasteiger partial charge in [-0.2, -0.15) is 0 Å². The van der Waals surface area contributed by atoms with Crippen LogP contribution >= 0.6 is 0 Å². The van der Waals surface area contributed by atoms with Crippen molar-refractivity contribution in [2.45, 2.75) is 52.1 Å². The highest BCUT2D eigenvalue weighted by Gasteiger charge is 2.20. The molecule has 0 aromatic carbocycles. The van der Waals surface area contributed by atoms with Crippen molar-refractivity contribution in [3.8, 4) is 0 Å². The van der Waals surface area contributed by atoms with E-state index in [0.29, 0.717) is 0 Å². The van der Waals surface area contributed by atoms with Gasteiger partial charge in [0.05, 0.1) is 6.54 Å². The van der Waals surface area contributed by atoms with Gasteiger partial charge in [0.25, 0.3) is 0 Å². The Balaban J connectivity index is 1.76. The standard InChI is InChI=1S/C14H28N6/c1-3-4-9-20-14(16-17-18-20)12-19-10-6-13(7-11-19)5-8-15-2/h13,15H,3-12H2,1-2H3. The average Bonchev–Trinajstić information content (AvgIpc) is 2.91. The fourth-order valence-corrected chi connectivity index (χ4v) is 2.80. The first-order valence-corrected chi connectivity index (χ1v) is 7.95. The normalized spacial score (nSPS) is 17.7. The first-order valence-electron chi connectivity index (χ1n) is 7.95. The van der Waals surface area contributed by atoms with Crippen molar-refractivity contribution in [3.63, 3.8) is 0 Å². The zero-order chi connectivity index (χ0) is 14.2. The molecule has 6 heteroatoms. The number of nitrogens with zero attached hydrogens (tertiary/aromatic N) is 5. The molecule has 2 rings (SSSR count). The quantitative estimate of drug-likeness (QED) is 0.777. The maximum Gasteiger partial charge on any atom is 0.165 e. The Morgan fingerprint density at radius 2 is 2.10 bits per heavy atom. The van der Waals surface area contributed by atoms with Crippen LogP contribution in [0.25, 0.3) is 0 Å². The van der Waals surface area contributed by atoms with Gasteiger partial charge in [-0.1, -0.05) is 13.3 Å². The Kier molecular flexibility index (Phi) is 6.39. The number of tetrazole rings is 1. The molecule has 1 fully saturated rings. The number of hydrogen-bond acceptors (Lipinski definition) is 5. The van der Waals surface area contributed by atoms with Crippen LogP contribution in [-0.4, -0.2) is 51.8 Å². The van der Waals surface area contributed by atoms with Crippen molar-refractivity contribution in [1.29, 1.82) is 0 Å². The number of hydrogen-bond donors (Lipinski definition) is 1. The van der Waals surface area contributed by atoms with Gasteiger partial charge in [-0.05, 0) is 68.7 Å². The van der Waals surface area contributed by atoms with Crippen molar-refractivity contribution in [2.75, 3.05) is 26.7 Å². The molecule has 0 saturated carbocycles. The molecule has 1 aromatic heterocycles. The number of aryl methyl sites for hydroxylation is 1. The van der Waals surface area contributed by atoms with E-state index < -0.39 is 0 Å². The largest absolute Gasteiger partial charge is 0.320 e. The summed E-state index contributed by atoms with van der Waals surface area (Å²) in [4.78, 5) is 2.49. The van der Waals surface area contributed by atoms with Crippen LogP contribution in [0.4, 0.5) is 0 Å². The molecule has 6 nitrogen and oxygen atoms in total. The van der Waals surface area contributed by atoms with Gasteiger partial charge in [0.1, 0.15) is 0 Å². The number of unbranched alkanes of at least 4 members (excludes halogenated alkanes) is 1. The fraction of sp³-hybridized carbons (Fsp3) is 0.929. The average molecular weight is 280 g/mol. The monoisotopic (exact) mass is 280 g/mol. The first kappa shape index (κ1) is 15.4. The van der Waals surface area contributed by atoms with Crippen LogP contribution in [0.2, 0.25) is 0 Å². The predicted molar refractivity (Wildman–Crippen MR) is 79.3 cm³/mol. The van der Waals surface area contributed by atoms with Crippen LogP contribution in [0, 0.1) is 5.92 Å². The Hall–Kier alpha value is -1.01. The third kappa shape index (κ3) is 4.52. The highest BCUT2D eigenvalue weighted by atomic mass is 15.5. The van der Waals surface area contributed by atoms with Crippen LogP contribution in [0.5, 0.6) is 0 Å². The summed E-state index contributed by atoms with van der Waals surface area (Å²) in [5, 5.41) is 15.3. The van der Waals surface area contributed by atoms with Crippen LogP contribution in [0.3, 0.4) is 0 Å². The Morgan fingerprint density at radius 1 is 1.30 bits per heavy atom. The smallest absolute Gasteiger partial charge is 0.165 e. The third-order valence-electron chi connectivity index (χ3n) is 4.20. The Morgan fingerprint density at radius 3 is 2.80 bits per heavy atom. The highest BCUT2D eigenvalue weighted by molar-refractivity contribution is 4.83. The minimum Gasteiger partial charge on any atom is -0.320 e. The second-order valence-corrected chi connectivity index (χ2v) is 5.78. The lowest BCUT2D eigenvalue weighted by Crippen LogP contribution is -2.35. The number of rotatable bonds is 8. The summed E-state index contributed by atoms with van der Waals surface area (Å²) in [6.07, 6.45) is 6.23. The van der Waals surface area contributed by atoms with E-state index in [1.807, 2.05) is 11.7 Å². The van der Waals surface area contributed by atoms with Gasteiger partial charge < -0.3 is 5.32 Å². The van der Waals surface area contributed by atoms with Crippen molar-refractivity contribution >= 4 is 0 Å². The molecule has 2 heterocycles. The molecule has 0 spiro atoms. The molecule has 0 amide bonds. The van der Waals surface area contributed by atoms with Crippen molar-refractivity contribution in [1.82, 2.24) is 30.4 Å². The third-order valence-corrected chi connectivity index (χ3v) is 4.20. The first-order chi connectivity index (χ1) is 9.83. The molecule has 1 aromatic rings. The molecule has 20 heavy (non-hydrogen) atoms. The lowest BCUT2D eigenvalue weighted by molar-refractivity contribution is 0.166. The summed E-state index contributed by atoms with van der Waals surface area (Å²) >= 11 is 0. The molecule has 1 aliphatic rings. The van der Waals surface area contributed by atoms with Crippen LogP contribution in [-0.2, 0) is 13.1 Å². The zero-order valence-corrected chi connectivity index (χ0v) is 12.9. The van der Waals surface area contributed by atoms with E-state index in [2.05, 4.69) is 32.7 Å². The molecule has 114 valence electrons. The van der Waals surface area contributed by atoms with Gasteiger partial charge in [-0.25, -0.2) is 4.68 Å². The van der Waals surface area contributed by atoms with Crippen LogP contribution < -0.4 is 5.32 Å². The second-order valence-electron chi connectivity index (χ2n) is 5.78. The number of aromatic nitrogens is 4. The molecule has 0 atom stereocenters. The minimum atomic E-state index is 0.884. The summed E-state index contributed by atoms with van der Waals surface area (Å²) < 4.78 is 1.97. The highest BCUT2D eigenvalue weighted by Crippen LogP contribution is 2.20. The van der Waals surface area contributed by atoms with Gasteiger partial charge in [0.15, 0.2) is 5.82 Å². The molecular formula is C14H28N6. The second kappa shape index (κ2) is 8.32. The van der Waals surface area contributed by atoms with E-state index in [9.17, 15) is 0 Å². The maximum absolute atomic E-state index is 4.18. The SMILES string of the molecule is CCCCn1nnnc1CN1CCC(CCNC)CC1. The molecule has 0 aliphatic carbocycles. The van der Waals surface area contributed by atoms with Gasteiger partial charge >= 0.3 is 0 Å².